The van der Waals surface area contributed by atoms with Gasteiger partial charge in [-0.3, -0.25) is 4.98 Å². The van der Waals surface area contributed by atoms with Crippen molar-refractivity contribution >= 4 is 17.4 Å². The van der Waals surface area contributed by atoms with Crippen molar-refractivity contribution in [2.45, 2.75) is 32.4 Å². The summed E-state index contributed by atoms with van der Waals surface area (Å²) in [6.07, 6.45) is 5.61. The Morgan fingerprint density at radius 2 is 2.29 bits per heavy atom. The lowest BCUT2D eigenvalue weighted by molar-refractivity contribution is 0.192. The van der Waals surface area contributed by atoms with Gasteiger partial charge in [0.2, 0.25) is 0 Å². The number of hydrogen-bond donors (Lipinski definition) is 1. The second kappa shape index (κ2) is 6.22. The third-order valence-corrected chi connectivity index (χ3v) is 4.63. The zero-order valence-electron chi connectivity index (χ0n) is 12.0. The lowest BCUT2D eigenvalue weighted by Gasteiger charge is -2.25. The van der Waals surface area contributed by atoms with E-state index in [0.717, 1.165) is 35.7 Å². The highest BCUT2D eigenvalue weighted by Crippen LogP contribution is 2.31. The number of thiazole rings is 1. The minimum Gasteiger partial charge on any atom is -0.331 e. The van der Waals surface area contributed by atoms with Crippen molar-refractivity contribution in [1.82, 2.24) is 20.2 Å². The molecule has 3 rings (SSSR count). The Balaban J connectivity index is 1.63. The summed E-state index contributed by atoms with van der Waals surface area (Å²) in [5.41, 5.74) is 2.16. The maximum absolute atomic E-state index is 12.4. The number of hydrogen-bond acceptors (Lipinski definition) is 4. The van der Waals surface area contributed by atoms with Crippen molar-refractivity contribution in [2.24, 2.45) is 0 Å². The summed E-state index contributed by atoms with van der Waals surface area (Å²) >= 11 is 1.58. The largest absolute Gasteiger partial charge is 0.331 e. The summed E-state index contributed by atoms with van der Waals surface area (Å²) in [5.74, 6) is 0. The second-order valence-electron chi connectivity index (χ2n) is 5.17. The summed E-state index contributed by atoms with van der Waals surface area (Å²) in [6.45, 7) is 3.26. The van der Waals surface area contributed by atoms with E-state index < -0.39 is 0 Å². The van der Waals surface area contributed by atoms with Gasteiger partial charge in [0.25, 0.3) is 0 Å². The molecular weight excluding hydrogens is 284 g/mol. The minimum absolute atomic E-state index is 0.0119. The van der Waals surface area contributed by atoms with Crippen LogP contribution < -0.4 is 5.32 Å². The molecule has 1 aliphatic heterocycles. The monoisotopic (exact) mass is 302 g/mol. The molecule has 1 atom stereocenters. The van der Waals surface area contributed by atoms with E-state index in [9.17, 15) is 4.79 Å². The minimum atomic E-state index is -0.0119. The van der Waals surface area contributed by atoms with Crippen LogP contribution in [0.2, 0.25) is 0 Å². The molecule has 2 aromatic heterocycles. The molecular formula is C15H18N4OS. The number of likely N-dealkylation sites (tertiary alicyclic amines) is 1. The summed E-state index contributed by atoms with van der Waals surface area (Å²) < 4.78 is 0. The Hall–Kier alpha value is -1.95. The topological polar surface area (TPSA) is 58.1 Å². The highest BCUT2D eigenvalue weighted by atomic mass is 32.1. The molecule has 0 saturated carbocycles. The van der Waals surface area contributed by atoms with Crippen LogP contribution >= 0.6 is 11.3 Å². The maximum Gasteiger partial charge on any atom is 0.318 e. The van der Waals surface area contributed by atoms with Gasteiger partial charge in [-0.25, -0.2) is 9.78 Å². The summed E-state index contributed by atoms with van der Waals surface area (Å²) in [4.78, 5) is 22.7. The van der Waals surface area contributed by atoms with E-state index >= 15 is 0 Å². The van der Waals surface area contributed by atoms with Gasteiger partial charge in [0, 0.05) is 30.0 Å². The maximum atomic E-state index is 12.4. The predicted octanol–water partition coefficient (Wildman–Crippen LogP) is 2.89. The van der Waals surface area contributed by atoms with Crippen molar-refractivity contribution in [3.8, 4) is 0 Å². The fourth-order valence-corrected chi connectivity index (χ4v) is 3.39. The van der Waals surface area contributed by atoms with Gasteiger partial charge in [-0.2, -0.15) is 0 Å². The standard InChI is InChI=1S/C15H18N4OS/c1-11-10-21-14(18-11)9-17-15(20)19-8-2-3-13(19)12-4-6-16-7-5-12/h4-7,10,13H,2-3,8-9H2,1H3,(H,17,20). The lowest BCUT2D eigenvalue weighted by atomic mass is 10.1. The zero-order chi connectivity index (χ0) is 14.7. The average molecular weight is 302 g/mol. The van der Waals surface area contributed by atoms with Crippen LogP contribution in [0.25, 0.3) is 0 Å². The van der Waals surface area contributed by atoms with E-state index in [1.807, 2.05) is 29.3 Å². The second-order valence-corrected chi connectivity index (χ2v) is 6.12. The summed E-state index contributed by atoms with van der Waals surface area (Å²) in [7, 11) is 0. The van der Waals surface area contributed by atoms with E-state index in [0.29, 0.717) is 6.54 Å². The van der Waals surface area contributed by atoms with E-state index in [-0.39, 0.29) is 12.1 Å². The third kappa shape index (κ3) is 3.21. The molecule has 0 aliphatic carbocycles. The number of aryl methyl sites for hydroxylation is 1. The molecule has 1 fully saturated rings. The van der Waals surface area contributed by atoms with Crippen LogP contribution in [0.4, 0.5) is 4.79 Å². The van der Waals surface area contributed by atoms with Crippen molar-refractivity contribution in [1.29, 1.82) is 0 Å². The third-order valence-electron chi connectivity index (χ3n) is 3.66. The number of carbonyl (C=O) groups excluding carboxylic acids is 1. The fourth-order valence-electron chi connectivity index (χ4n) is 2.68. The molecule has 2 amide bonds. The number of carbonyl (C=O) groups is 1. The molecule has 110 valence electrons. The zero-order valence-corrected chi connectivity index (χ0v) is 12.8. The molecule has 1 N–H and O–H groups in total. The molecule has 6 heteroatoms. The van der Waals surface area contributed by atoms with Gasteiger partial charge >= 0.3 is 6.03 Å². The van der Waals surface area contributed by atoms with E-state index in [1.165, 1.54) is 0 Å². The fraction of sp³-hybridized carbons (Fsp3) is 0.400. The first-order valence-electron chi connectivity index (χ1n) is 7.09. The Bertz CT molecular complexity index is 613. The molecule has 5 nitrogen and oxygen atoms in total. The van der Waals surface area contributed by atoms with Crippen LogP contribution in [0.3, 0.4) is 0 Å². The SMILES string of the molecule is Cc1csc(CNC(=O)N2CCCC2c2ccncc2)n1. The van der Waals surface area contributed by atoms with E-state index in [2.05, 4.69) is 15.3 Å². The highest BCUT2D eigenvalue weighted by Gasteiger charge is 2.29. The smallest absolute Gasteiger partial charge is 0.318 e. The Kier molecular flexibility index (Phi) is 4.15. The van der Waals surface area contributed by atoms with Gasteiger partial charge in [0.1, 0.15) is 5.01 Å². The van der Waals surface area contributed by atoms with Gasteiger partial charge < -0.3 is 10.2 Å². The van der Waals surface area contributed by atoms with Crippen molar-refractivity contribution in [2.75, 3.05) is 6.54 Å². The van der Waals surface area contributed by atoms with Crippen molar-refractivity contribution in [3.05, 3.63) is 46.2 Å². The Labute approximate surface area is 128 Å². The molecule has 21 heavy (non-hydrogen) atoms. The first-order valence-corrected chi connectivity index (χ1v) is 7.97. The molecule has 1 unspecified atom stereocenters. The number of pyridine rings is 1. The first-order chi connectivity index (χ1) is 10.2. The van der Waals surface area contributed by atoms with Crippen LogP contribution in [0.5, 0.6) is 0 Å². The predicted molar refractivity (Wildman–Crippen MR) is 82.0 cm³/mol. The van der Waals surface area contributed by atoms with Gasteiger partial charge in [0.05, 0.1) is 12.6 Å². The van der Waals surface area contributed by atoms with E-state index in [1.54, 1.807) is 23.7 Å². The van der Waals surface area contributed by atoms with E-state index in [4.69, 9.17) is 0 Å². The molecule has 3 heterocycles. The van der Waals surface area contributed by atoms with Gasteiger partial charge in [0.15, 0.2) is 0 Å². The van der Waals surface area contributed by atoms with Gasteiger partial charge in [-0.15, -0.1) is 11.3 Å². The van der Waals surface area contributed by atoms with Crippen LogP contribution in [-0.4, -0.2) is 27.4 Å². The average Bonchev–Trinajstić information content (AvgIpc) is 3.14. The van der Waals surface area contributed by atoms with Crippen LogP contribution in [-0.2, 0) is 6.54 Å². The van der Waals surface area contributed by atoms with Crippen LogP contribution in [0.1, 0.15) is 35.1 Å². The van der Waals surface area contributed by atoms with Crippen molar-refractivity contribution < 1.29 is 4.79 Å². The lowest BCUT2D eigenvalue weighted by Crippen LogP contribution is -2.39. The molecule has 0 aromatic carbocycles. The number of nitrogens with one attached hydrogen (secondary N) is 1. The quantitative estimate of drug-likeness (QED) is 0.948. The van der Waals surface area contributed by atoms with Crippen molar-refractivity contribution in [3.63, 3.8) is 0 Å². The Morgan fingerprint density at radius 3 is 3.00 bits per heavy atom. The van der Waals surface area contributed by atoms with Gasteiger partial charge in [-0.05, 0) is 37.5 Å². The Morgan fingerprint density at radius 1 is 1.48 bits per heavy atom. The molecule has 0 spiro atoms. The molecule has 1 aliphatic rings. The normalized spacial score (nSPS) is 18.0. The number of aromatic nitrogens is 2. The summed E-state index contributed by atoms with van der Waals surface area (Å²) in [6, 6.07) is 4.12. The number of rotatable bonds is 3. The molecule has 1 saturated heterocycles. The van der Waals surface area contributed by atoms with Gasteiger partial charge in [-0.1, -0.05) is 0 Å². The molecule has 0 bridgehead atoms. The first kappa shape index (κ1) is 14.0. The number of urea groups is 1. The summed E-state index contributed by atoms with van der Waals surface area (Å²) in [5, 5.41) is 5.92. The number of nitrogens with zero attached hydrogens (tertiary/aromatic N) is 3. The van der Waals surface area contributed by atoms with Crippen LogP contribution in [0, 0.1) is 6.92 Å². The van der Waals surface area contributed by atoms with Crippen LogP contribution in [0.15, 0.2) is 29.9 Å². The molecule has 2 aromatic rings. The molecule has 0 radical (unpaired) electrons. The highest BCUT2D eigenvalue weighted by molar-refractivity contribution is 7.09. The number of amides is 2.